The van der Waals surface area contributed by atoms with Gasteiger partial charge in [-0.2, -0.15) is 5.10 Å². The van der Waals surface area contributed by atoms with Crippen molar-refractivity contribution in [3.05, 3.63) is 87.4 Å². The van der Waals surface area contributed by atoms with Crippen LogP contribution in [0.1, 0.15) is 21.5 Å². The monoisotopic (exact) mass is 499 g/mol. The normalized spacial score (nSPS) is 10.6. The number of amides is 2. The first-order chi connectivity index (χ1) is 16.3. The summed E-state index contributed by atoms with van der Waals surface area (Å²) >= 11 is 11.8. The number of halogens is 2. The molecule has 2 N–H and O–H groups in total. The maximum atomic E-state index is 12.4. The zero-order chi connectivity index (χ0) is 24.7. The minimum absolute atomic E-state index is 0.193. The largest absolute Gasteiger partial charge is 0.493 e. The van der Waals surface area contributed by atoms with Crippen molar-refractivity contribution in [1.29, 1.82) is 0 Å². The van der Waals surface area contributed by atoms with Crippen LogP contribution in [-0.4, -0.2) is 31.1 Å². The summed E-state index contributed by atoms with van der Waals surface area (Å²) in [7, 11) is 1.42. The molecule has 0 radical (unpaired) electrons. The number of benzene rings is 3. The van der Waals surface area contributed by atoms with Crippen molar-refractivity contribution < 1.29 is 23.9 Å². The summed E-state index contributed by atoms with van der Waals surface area (Å²) in [4.78, 5) is 36.4. The second kappa shape index (κ2) is 11.3. The zero-order valence-electron chi connectivity index (χ0n) is 18.1. The molecule has 0 saturated carbocycles. The number of anilines is 1. The van der Waals surface area contributed by atoms with Gasteiger partial charge in [0.1, 0.15) is 0 Å². The first kappa shape index (κ1) is 24.8. The first-order valence-corrected chi connectivity index (χ1v) is 10.6. The first-order valence-electron chi connectivity index (χ1n) is 9.83. The Labute approximate surface area is 205 Å². The fourth-order valence-corrected chi connectivity index (χ4v) is 3.02. The summed E-state index contributed by atoms with van der Waals surface area (Å²) in [5.41, 5.74) is 4.25. The van der Waals surface area contributed by atoms with Crippen LogP contribution in [0.3, 0.4) is 0 Å². The van der Waals surface area contributed by atoms with Crippen molar-refractivity contribution in [3.63, 3.8) is 0 Å². The highest BCUT2D eigenvalue weighted by molar-refractivity contribution is 6.42. The standard InChI is InChI=1S/C24H19Cl2N3O5/c1-14-3-6-16(7-4-14)24(32)34-20-10-5-15(11-21(20)33-2)13-27-29-23(31)22(30)28-19-12-17(25)8-9-18(19)26/h3-13H,1-2H3,(H,28,30)(H,29,31)/b27-13+. The van der Waals surface area contributed by atoms with Crippen molar-refractivity contribution in [3.8, 4) is 11.5 Å². The number of rotatable bonds is 6. The Bertz CT molecular complexity index is 1260. The molecule has 0 aliphatic rings. The van der Waals surface area contributed by atoms with Gasteiger partial charge in [0, 0.05) is 5.02 Å². The Morgan fingerprint density at radius 3 is 2.35 bits per heavy atom. The Balaban J connectivity index is 1.61. The number of carbonyl (C=O) groups is 3. The number of methoxy groups -OCH3 is 1. The highest BCUT2D eigenvalue weighted by Gasteiger charge is 2.15. The Hall–Kier alpha value is -3.88. The molecular formula is C24H19Cl2N3O5. The van der Waals surface area contributed by atoms with Gasteiger partial charge in [-0.15, -0.1) is 0 Å². The van der Waals surface area contributed by atoms with E-state index in [4.69, 9.17) is 32.7 Å². The van der Waals surface area contributed by atoms with Gasteiger partial charge in [-0.05, 0) is 61.0 Å². The average molecular weight is 500 g/mol. The molecule has 0 bridgehead atoms. The highest BCUT2D eigenvalue weighted by Crippen LogP contribution is 2.28. The molecule has 3 aromatic carbocycles. The van der Waals surface area contributed by atoms with Crippen LogP contribution in [0.15, 0.2) is 65.8 Å². The number of carbonyl (C=O) groups excluding carboxylic acids is 3. The third-order valence-corrected chi connectivity index (χ3v) is 5.00. The molecule has 0 spiro atoms. The van der Waals surface area contributed by atoms with Gasteiger partial charge in [0.15, 0.2) is 11.5 Å². The van der Waals surface area contributed by atoms with E-state index >= 15 is 0 Å². The van der Waals surface area contributed by atoms with Gasteiger partial charge in [-0.1, -0.05) is 40.9 Å². The second-order valence-electron chi connectivity index (χ2n) is 6.94. The van der Waals surface area contributed by atoms with E-state index in [2.05, 4.69) is 15.8 Å². The van der Waals surface area contributed by atoms with Crippen LogP contribution in [0, 0.1) is 6.92 Å². The number of nitrogens with one attached hydrogen (secondary N) is 2. The summed E-state index contributed by atoms with van der Waals surface area (Å²) in [5.74, 6) is -2.02. The number of ether oxygens (including phenoxy) is 2. The van der Waals surface area contributed by atoms with Gasteiger partial charge in [0.2, 0.25) is 0 Å². The third kappa shape index (κ3) is 6.57. The summed E-state index contributed by atoms with van der Waals surface area (Å²) < 4.78 is 10.7. The minimum Gasteiger partial charge on any atom is -0.493 e. The molecule has 0 atom stereocenters. The van der Waals surface area contributed by atoms with E-state index in [1.165, 1.54) is 31.5 Å². The van der Waals surface area contributed by atoms with E-state index in [-0.39, 0.29) is 22.2 Å². The summed E-state index contributed by atoms with van der Waals surface area (Å²) in [6.45, 7) is 1.92. The number of esters is 1. The van der Waals surface area contributed by atoms with Crippen molar-refractivity contribution >= 4 is 52.9 Å². The number of hydrogen-bond donors (Lipinski definition) is 2. The van der Waals surface area contributed by atoms with Gasteiger partial charge in [-0.25, -0.2) is 10.2 Å². The molecule has 2 amide bonds. The number of nitrogens with zero attached hydrogens (tertiary/aromatic N) is 1. The summed E-state index contributed by atoms with van der Waals surface area (Å²) in [6, 6.07) is 16.1. The van der Waals surface area contributed by atoms with E-state index < -0.39 is 17.8 Å². The molecule has 34 heavy (non-hydrogen) atoms. The van der Waals surface area contributed by atoms with E-state index in [1.807, 2.05) is 19.1 Å². The molecule has 0 saturated heterocycles. The highest BCUT2D eigenvalue weighted by atomic mass is 35.5. The zero-order valence-corrected chi connectivity index (χ0v) is 19.6. The maximum Gasteiger partial charge on any atom is 0.343 e. The molecule has 0 aromatic heterocycles. The Morgan fingerprint density at radius 2 is 1.65 bits per heavy atom. The molecule has 0 heterocycles. The predicted molar refractivity (Wildman–Crippen MR) is 130 cm³/mol. The van der Waals surface area contributed by atoms with Crippen molar-refractivity contribution in [1.82, 2.24) is 5.43 Å². The summed E-state index contributed by atoms with van der Waals surface area (Å²) in [6.07, 6.45) is 1.30. The van der Waals surface area contributed by atoms with Gasteiger partial charge in [0.05, 0.1) is 29.6 Å². The number of hydrogen-bond acceptors (Lipinski definition) is 6. The van der Waals surface area contributed by atoms with Crippen LogP contribution in [-0.2, 0) is 9.59 Å². The lowest BCUT2D eigenvalue weighted by atomic mass is 10.1. The molecule has 3 aromatic rings. The Kier molecular flexibility index (Phi) is 8.24. The fraction of sp³-hybridized carbons (Fsp3) is 0.0833. The van der Waals surface area contributed by atoms with E-state index in [0.717, 1.165) is 5.56 Å². The lowest BCUT2D eigenvalue weighted by molar-refractivity contribution is -0.136. The molecular weight excluding hydrogens is 481 g/mol. The van der Waals surface area contributed by atoms with Crippen LogP contribution in [0.4, 0.5) is 5.69 Å². The van der Waals surface area contributed by atoms with Gasteiger partial charge in [0.25, 0.3) is 0 Å². The van der Waals surface area contributed by atoms with Crippen LogP contribution in [0.2, 0.25) is 10.0 Å². The summed E-state index contributed by atoms with van der Waals surface area (Å²) in [5, 5.41) is 6.68. The maximum absolute atomic E-state index is 12.4. The van der Waals surface area contributed by atoms with Crippen molar-refractivity contribution in [2.45, 2.75) is 6.92 Å². The van der Waals surface area contributed by atoms with E-state index in [0.29, 0.717) is 16.1 Å². The smallest absolute Gasteiger partial charge is 0.343 e. The lowest BCUT2D eigenvalue weighted by Crippen LogP contribution is -2.32. The molecule has 0 aliphatic heterocycles. The molecule has 0 aliphatic carbocycles. The molecule has 3 rings (SSSR count). The van der Waals surface area contributed by atoms with Crippen LogP contribution >= 0.6 is 23.2 Å². The topological polar surface area (TPSA) is 106 Å². The number of hydrazone groups is 1. The van der Waals surface area contributed by atoms with Gasteiger partial charge in [-0.3, -0.25) is 9.59 Å². The van der Waals surface area contributed by atoms with E-state index in [1.54, 1.807) is 30.3 Å². The Morgan fingerprint density at radius 1 is 0.912 bits per heavy atom. The fourth-order valence-electron chi connectivity index (χ4n) is 2.69. The van der Waals surface area contributed by atoms with Crippen molar-refractivity contribution in [2.24, 2.45) is 5.10 Å². The molecule has 0 unspecified atom stereocenters. The molecule has 0 fully saturated rings. The second-order valence-corrected chi connectivity index (χ2v) is 7.79. The minimum atomic E-state index is -1.01. The van der Waals surface area contributed by atoms with Crippen LogP contribution < -0.4 is 20.2 Å². The van der Waals surface area contributed by atoms with Crippen molar-refractivity contribution in [2.75, 3.05) is 12.4 Å². The number of aryl methyl sites for hydroxylation is 1. The van der Waals surface area contributed by atoms with Crippen LogP contribution in [0.25, 0.3) is 0 Å². The molecule has 10 heteroatoms. The van der Waals surface area contributed by atoms with Crippen LogP contribution in [0.5, 0.6) is 11.5 Å². The average Bonchev–Trinajstić information content (AvgIpc) is 2.82. The predicted octanol–water partition coefficient (Wildman–Crippen LogP) is 4.62. The lowest BCUT2D eigenvalue weighted by Gasteiger charge is -2.10. The van der Waals surface area contributed by atoms with Gasteiger partial charge < -0.3 is 14.8 Å². The van der Waals surface area contributed by atoms with Gasteiger partial charge >= 0.3 is 17.8 Å². The SMILES string of the molecule is COc1cc(/C=N/NC(=O)C(=O)Nc2cc(Cl)ccc2Cl)ccc1OC(=O)c1ccc(C)cc1. The quantitative estimate of drug-likeness (QED) is 0.169. The molecule has 8 nitrogen and oxygen atoms in total. The molecule has 174 valence electrons. The van der Waals surface area contributed by atoms with E-state index in [9.17, 15) is 14.4 Å². The third-order valence-electron chi connectivity index (χ3n) is 4.44.